The van der Waals surface area contributed by atoms with Gasteiger partial charge in [0.1, 0.15) is 11.5 Å². The van der Waals surface area contributed by atoms with Crippen molar-refractivity contribution in [2.24, 2.45) is 10.9 Å². The zero-order chi connectivity index (χ0) is 18.3. The summed E-state index contributed by atoms with van der Waals surface area (Å²) in [4.78, 5) is 22.3. The number of hydrogen-bond donors (Lipinski definition) is 1. The summed E-state index contributed by atoms with van der Waals surface area (Å²) >= 11 is 0. The van der Waals surface area contributed by atoms with E-state index in [9.17, 15) is 9.00 Å². The molecule has 1 aromatic heterocycles. The molecule has 4 rings (SSSR count). The quantitative estimate of drug-likeness (QED) is 0.844. The highest BCUT2D eigenvalue weighted by molar-refractivity contribution is 7.84. The molecule has 0 unspecified atom stereocenters. The summed E-state index contributed by atoms with van der Waals surface area (Å²) in [5.74, 6) is 0.497. The second kappa shape index (κ2) is 6.76. The minimum Gasteiger partial charge on any atom is -0.353 e. The second-order valence-electron chi connectivity index (χ2n) is 6.97. The van der Waals surface area contributed by atoms with E-state index in [-0.39, 0.29) is 11.7 Å². The summed E-state index contributed by atoms with van der Waals surface area (Å²) in [7, 11) is -1.10. The van der Waals surface area contributed by atoms with Crippen molar-refractivity contribution in [3.05, 3.63) is 41.7 Å². The largest absolute Gasteiger partial charge is 0.353 e. The van der Waals surface area contributed by atoms with Crippen LogP contribution in [0.3, 0.4) is 0 Å². The Balaban J connectivity index is 1.71. The van der Waals surface area contributed by atoms with Crippen LogP contribution in [0.1, 0.15) is 31.2 Å². The number of carbonyl (C=O) groups excluding carboxylic acids is 1. The molecule has 0 amide bonds. The summed E-state index contributed by atoms with van der Waals surface area (Å²) in [5, 5.41) is 3.38. The average molecular weight is 367 g/mol. The van der Waals surface area contributed by atoms with E-state index in [2.05, 4.69) is 15.3 Å². The summed E-state index contributed by atoms with van der Waals surface area (Å²) < 4.78 is 12.0. The van der Waals surface area contributed by atoms with Gasteiger partial charge in [0.05, 0.1) is 38.5 Å². The molecule has 5 nitrogen and oxygen atoms in total. The van der Waals surface area contributed by atoms with Crippen molar-refractivity contribution in [2.75, 3.05) is 11.6 Å². The summed E-state index contributed by atoms with van der Waals surface area (Å²) in [6.07, 6.45) is 4.75. The normalized spacial score (nSPS) is 16.8. The molecule has 2 aromatic rings. The van der Waals surface area contributed by atoms with Gasteiger partial charge >= 0.3 is 0 Å². The van der Waals surface area contributed by atoms with Gasteiger partial charge in [-0.3, -0.25) is 19.0 Å². The highest BCUT2D eigenvalue weighted by Crippen LogP contribution is 2.38. The predicted octanol–water partition coefficient (Wildman–Crippen LogP) is 3.73. The molecule has 1 aliphatic heterocycles. The molecule has 0 bridgehead atoms. The summed E-state index contributed by atoms with van der Waals surface area (Å²) in [5.41, 5.74) is 5.13. The first-order chi connectivity index (χ1) is 12.5. The van der Waals surface area contributed by atoms with Gasteiger partial charge in [-0.15, -0.1) is 0 Å². The van der Waals surface area contributed by atoms with Crippen molar-refractivity contribution >= 4 is 39.4 Å². The molecule has 0 spiro atoms. The van der Waals surface area contributed by atoms with Crippen LogP contribution < -0.4 is 5.32 Å². The molecule has 0 radical (unpaired) electrons. The van der Waals surface area contributed by atoms with E-state index in [0.29, 0.717) is 12.8 Å². The Morgan fingerprint density at radius 3 is 2.77 bits per heavy atom. The maximum Gasteiger partial charge on any atom is 0.141 e. The Morgan fingerprint density at radius 2 is 2.04 bits per heavy atom. The molecule has 0 saturated heterocycles. The monoisotopic (exact) mass is 367 g/mol. The number of pyridine rings is 1. The van der Waals surface area contributed by atoms with Crippen LogP contribution in [-0.2, 0) is 28.4 Å². The minimum absolute atomic E-state index is 0.225. The lowest BCUT2D eigenvalue weighted by Gasteiger charge is -2.14. The molecule has 134 valence electrons. The standard InChI is InChI=1S/C20H21N3O2S/c1-12-9-16-20(21-12)17(10-14(22-16)11-18(24)13-7-8-13)23-15-5-3-4-6-19(15)26(2)25/h3-6,10,13H,7-9,11H2,1-2H3,(H,22,23)/t26-/m1/s1. The van der Waals surface area contributed by atoms with Crippen LogP contribution in [0.4, 0.5) is 17.1 Å². The van der Waals surface area contributed by atoms with Crippen LogP contribution in [0.2, 0.25) is 0 Å². The number of aliphatic imine (C=N–C) groups is 1. The number of nitrogens with zero attached hydrogens (tertiary/aromatic N) is 2. The van der Waals surface area contributed by atoms with Gasteiger partial charge in [-0.25, -0.2) is 0 Å². The van der Waals surface area contributed by atoms with Crippen LogP contribution in [0.5, 0.6) is 0 Å². The van der Waals surface area contributed by atoms with Crippen molar-refractivity contribution in [1.29, 1.82) is 0 Å². The Labute approximate surface area is 155 Å². The fraction of sp³-hybridized carbons (Fsp3) is 0.350. The Bertz CT molecular complexity index is 948. The van der Waals surface area contributed by atoms with Crippen molar-refractivity contribution < 1.29 is 9.00 Å². The number of Topliss-reactive ketones (excluding diaryl/α,β-unsaturated/α-hetero) is 1. The molecule has 1 N–H and O–H groups in total. The molecule has 2 heterocycles. The fourth-order valence-electron chi connectivity index (χ4n) is 3.25. The number of anilines is 2. The number of fused-ring (bicyclic) bond motifs is 1. The van der Waals surface area contributed by atoms with Gasteiger partial charge in [-0.1, -0.05) is 12.1 Å². The Kier molecular flexibility index (Phi) is 4.44. The average Bonchev–Trinajstić information content (AvgIpc) is 3.37. The van der Waals surface area contributed by atoms with E-state index in [1.54, 1.807) is 6.26 Å². The first-order valence-corrected chi connectivity index (χ1v) is 10.4. The molecule has 1 aromatic carbocycles. The molecule has 1 aliphatic carbocycles. The second-order valence-corrected chi connectivity index (χ2v) is 8.32. The predicted molar refractivity (Wildman–Crippen MR) is 104 cm³/mol. The highest BCUT2D eigenvalue weighted by atomic mass is 32.2. The van der Waals surface area contributed by atoms with Crippen molar-refractivity contribution in [1.82, 2.24) is 4.98 Å². The number of nitrogens with one attached hydrogen (secondary N) is 1. The van der Waals surface area contributed by atoms with Gasteiger partial charge in [-0.05, 0) is 38.0 Å². The minimum atomic E-state index is -1.10. The Hall–Kier alpha value is -2.34. The van der Waals surface area contributed by atoms with Gasteiger partial charge in [0.15, 0.2) is 0 Å². The van der Waals surface area contributed by atoms with E-state index in [0.717, 1.165) is 51.9 Å². The molecular weight excluding hydrogens is 346 g/mol. The van der Waals surface area contributed by atoms with Gasteiger partial charge in [0, 0.05) is 30.7 Å². The Morgan fingerprint density at radius 1 is 1.27 bits per heavy atom. The molecular formula is C20H21N3O2S. The number of benzene rings is 1. The van der Waals surface area contributed by atoms with Gasteiger partial charge in [-0.2, -0.15) is 0 Å². The zero-order valence-corrected chi connectivity index (χ0v) is 15.7. The highest BCUT2D eigenvalue weighted by Gasteiger charge is 2.30. The number of hydrogen-bond acceptors (Lipinski definition) is 5. The third kappa shape index (κ3) is 3.46. The molecule has 26 heavy (non-hydrogen) atoms. The van der Waals surface area contributed by atoms with Crippen molar-refractivity contribution in [3.63, 3.8) is 0 Å². The van der Waals surface area contributed by atoms with Gasteiger partial charge < -0.3 is 5.32 Å². The van der Waals surface area contributed by atoms with Crippen molar-refractivity contribution in [2.45, 2.75) is 37.5 Å². The maximum absolute atomic E-state index is 12.2. The van der Waals surface area contributed by atoms with Crippen LogP contribution in [0.25, 0.3) is 0 Å². The fourth-order valence-corrected chi connectivity index (χ4v) is 3.95. The van der Waals surface area contributed by atoms with Gasteiger partial charge in [0.25, 0.3) is 0 Å². The first-order valence-electron chi connectivity index (χ1n) is 8.80. The van der Waals surface area contributed by atoms with Crippen molar-refractivity contribution in [3.8, 4) is 0 Å². The lowest BCUT2D eigenvalue weighted by molar-refractivity contribution is -0.119. The number of aromatic nitrogens is 1. The lowest BCUT2D eigenvalue weighted by atomic mass is 10.1. The van der Waals surface area contributed by atoms with Crippen LogP contribution in [0.15, 0.2) is 40.2 Å². The van der Waals surface area contributed by atoms with E-state index in [1.807, 2.05) is 37.3 Å². The molecule has 1 saturated carbocycles. The topological polar surface area (TPSA) is 71.4 Å². The third-order valence-electron chi connectivity index (χ3n) is 4.70. The maximum atomic E-state index is 12.2. The van der Waals surface area contributed by atoms with E-state index in [4.69, 9.17) is 0 Å². The number of carbonyl (C=O) groups is 1. The smallest absolute Gasteiger partial charge is 0.141 e. The molecule has 2 aliphatic rings. The molecule has 1 fully saturated rings. The van der Waals surface area contributed by atoms with Crippen LogP contribution in [-0.4, -0.2) is 26.9 Å². The van der Waals surface area contributed by atoms with E-state index < -0.39 is 10.8 Å². The molecule has 6 heteroatoms. The van der Waals surface area contributed by atoms with Gasteiger partial charge in [0.2, 0.25) is 0 Å². The van der Waals surface area contributed by atoms with E-state index in [1.165, 1.54) is 0 Å². The number of para-hydroxylation sites is 1. The lowest BCUT2D eigenvalue weighted by Crippen LogP contribution is -2.08. The summed E-state index contributed by atoms with van der Waals surface area (Å²) in [6, 6.07) is 9.46. The summed E-state index contributed by atoms with van der Waals surface area (Å²) in [6.45, 7) is 1.98. The number of ketones is 1. The first kappa shape index (κ1) is 17.1. The number of rotatable bonds is 6. The van der Waals surface area contributed by atoms with Crippen LogP contribution >= 0.6 is 0 Å². The molecule has 1 atom stereocenters. The third-order valence-corrected chi connectivity index (χ3v) is 5.67. The zero-order valence-electron chi connectivity index (χ0n) is 14.9. The van der Waals surface area contributed by atoms with Crippen LogP contribution in [0, 0.1) is 5.92 Å². The SMILES string of the molecule is CC1=Nc2c(Nc3ccccc3[S@@](C)=O)cc(CC(=O)C3CC3)nc2C1. The van der Waals surface area contributed by atoms with E-state index >= 15 is 0 Å².